The molecule has 1 heterocycles. The molecule has 0 unspecified atom stereocenters. The van der Waals surface area contributed by atoms with Gasteiger partial charge in [-0.1, -0.05) is 0 Å². The van der Waals surface area contributed by atoms with E-state index < -0.39 is 11.7 Å². The van der Waals surface area contributed by atoms with Gasteiger partial charge in [-0.05, 0) is 32.9 Å². The van der Waals surface area contributed by atoms with Gasteiger partial charge in [0.05, 0.1) is 13.3 Å². The summed E-state index contributed by atoms with van der Waals surface area (Å²) in [6.07, 6.45) is 0.848. The standard InChI is InChI=1S/C14H18N2O5/c1-14(2,3)21-13(17)16-15-7-9-5-10(18-4)12-11(6-9)19-8-20-12/h5-7H,8H2,1-4H3,(H,16,17)/b15-7-. The van der Waals surface area contributed by atoms with Gasteiger partial charge in [-0.2, -0.15) is 5.10 Å². The number of benzene rings is 1. The highest BCUT2D eigenvalue weighted by Crippen LogP contribution is 2.41. The minimum absolute atomic E-state index is 0.155. The molecule has 1 aromatic carbocycles. The van der Waals surface area contributed by atoms with Crippen molar-refractivity contribution in [2.75, 3.05) is 13.9 Å². The highest BCUT2D eigenvalue weighted by molar-refractivity contribution is 5.83. The van der Waals surface area contributed by atoms with Crippen molar-refractivity contribution in [2.24, 2.45) is 5.10 Å². The normalized spacial score (nSPS) is 13.3. The van der Waals surface area contributed by atoms with Gasteiger partial charge in [-0.25, -0.2) is 10.2 Å². The van der Waals surface area contributed by atoms with Crippen molar-refractivity contribution in [2.45, 2.75) is 26.4 Å². The topological polar surface area (TPSA) is 78.4 Å². The van der Waals surface area contributed by atoms with Crippen LogP contribution in [-0.2, 0) is 4.74 Å². The first kappa shape index (κ1) is 15.0. The molecule has 1 aromatic rings. The molecule has 0 saturated heterocycles. The Morgan fingerprint density at radius 3 is 2.81 bits per heavy atom. The summed E-state index contributed by atoms with van der Waals surface area (Å²) in [7, 11) is 1.54. The zero-order valence-corrected chi connectivity index (χ0v) is 12.4. The largest absolute Gasteiger partial charge is 0.493 e. The number of carbonyl (C=O) groups excluding carboxylic acids is 1. The molecule has 114 valence electrons. The first-order chi connectivity index (χ1) is 9.89. The number of amides is 1. The van der Waals surface area contributed by atoms with Crippen LogP contribution in [0.5, 0.6) is 17.2 Å². The van der Waals surface area contributed by atoms with E-state index in [4.69, 9.17) is 18.9 Å². The Hall–Kier alpha value is -2.44. The lowest BCUT2D eigenvalue weighted by Crippen LogP contribution is -2.29. The third-order valence-corrected chi connectivity index (χ3v) is 2.45. The fourth-order valence-electron chi connectivity index (χ4n) is 1.68. The van der Waals surface area contributed by atoms with Gasteiger partial charge in [0.25, 0.3) is 0 Å². The molecule has 1 aliphatic heterocycles. The van der Waals surface area contributed by atoms with Gasteiger partial charge in [0.2, 0.25) is 12.5 Å². The van der Waals surface area contributed by atoms with Gasteiger partial charge in [0.15, 0.2) is 11.5 Å². The highest BCUT2D eigenvalue weighted by Gasteiger charge is 2.19. The molecule has 0 saturated carbocycles. The summed E-state index contributed by atoms with van der Waals surface area (Å²) in [6, 6.07) is 3.47. The Kier molecular flexibility index (Phi) is 4.21. The maximum Gasteiger partial charge on any atom is 0.428 e. The Bertz CT molecular complexity index is 563. The number of rotatable bonds is 3. The van der Waals surface area contributed by atoms with E-state index in [9.17, 15) is 4.79 Å². The van der Waals surface area contributed by atoms with Gasteiger partial charge in [0.1, 0.15) is 5.60 Å². The second-order valence-electron chi connectivity index (χ2n) is 5.33. The van der Waals surface area contributed by atoms with Crippen LogP contribution in [0.25, 0.3) is 0 Å². The fourth-order valence-corrected chi connectivity index (χ4v) is 1.68. The molecule has 0 radical (unpaired) electrons. The van der Waals surface area contributed by atoms with Gasteiger partial charge < -0.3 is 18.9 Å². The molecule has 7 heteroatoms. The molecule has 0 spiro atoms. The summed E-state index contributed by atoms with van der Waals surface area (Å²) in [5.74, 6) is 1.69. The molecule has 1 amide bonds. The number of hydrogen-bond donors (Lipinski definition) is 1. The number of nitrogens with zero attached hydrogens (tertiary/aromatic N) is 1. The summed E-state index contributed by atoms with van der Waals surface area (Å²) >= 11 is 0. The Morgan fingerprint density at radius 2 is 2.14 bits per heavy atom. The van der Waals surface area contributed by atoms with E-state index in [1.807, 2.05) is 0 Å². The predicted octanol–water partition coefficient (Wildman–Crippen LogP) is 2.28. The van der Waals surface area contributed by atoms with Gasteiger partial charge >= 0.3 is 6.09 Å². The lowest BCUT2D eigenvalue weighted by atomic mass is 10.2. The highest BCUT2D eigenvalue weighted by atomic mass is 16.7. The molecule has 0 atom stereocenters. The fraction of sp³-hybridized carbons (Fsp3) is 0.429. The zero-order chi connectivity index (χ0) is 15.5. The first-order valence-electron chi connectivity index (χ1n) is 6.39. The molecule has 0 bridgehead atoms. The molecule has 1 aliphatic rings. The van der Waals surface area contributed by atoms with Crippen molar-refractivity contribution in [3.63, 3.8) is 0 Å². The maximum absolute atomic E-state index is 11.4. The molecule has 2 rings (SSSR count). The van der Waals surface area contributed by atoms with Crippen LogP contribution >= 0.6 is 0 Å². The first-order valence-corrected chi connectivity index (χ1v) is 6.39. The van der Waals surface area contributed by atoms with E-state index in [0.29, 0.717) is 22.8 Å². The lowest BCUT2D eigenvalue weighted by Gasteiger charge is -2.18. The van der Waals surface area contributed by atoms with E-state index in [1.165, 1.54) is 13.3 Å². The van der Waals surface area contributed by atoms with Crippen molar-refractivity contribution in [1.82, 2.24) is 5.43 Å². The molecule has 0 fully saturated rings. The van der Waals surface area contributed by atoms with Gasteiger partial charge in [0, 0.05) is 5.56 Å². The molecule has 0 aliphatic carbocycles. The number of fused-ring (bicyclic) bond motifs is 1. The van der Waals surface area contributed by atoms with Crippen LogP contribution in [-0.4, -0.2) is 31.8 Å². The Labute approximate surface area is 122 Å². The van der Waals surface area contributed by atoms with Crippen LogP contribution in [0.15, 0.2) is 17.2 Å². The molecule has 21 heavy (non-hydrogen) atoms. The summed E-state index contributed by atoms with van der Waals surface area (Å²) in [6.45, 7) is 5.49. The second kappa shape index (κ2) is 5.90. The van der Waals surface area contributed by atoms with Crippen molar-refractivity contribution in [3.05, 3.63) is 17.7 Å². The average molecular weight is 294 g/mol. The maximum atomic E-state index is 11.4. The van der Waals surface area contributed by atoms with E-state index >= 15 is 0 Å². The summed E-state index contributed by atoms with van der Waals surface area (Å²) < 4.78 is 20.9. The summed E-state index contributed by atoms with van der Waals surface area (Å²) in [4.78, 5) is 11.4. The van der Waals surface area contributed by atoms with Crippen molar-refractivity contribution in [1.29, 1.82) is 0 Å². The van der Waals surface area contributed by atoms with Crippen molar-refractivity contribution in [3.8, 4) is 17.2 Å². The van der Waals surface area contributed by atoms with E-state index in [-0.39, 0.29) is 6.79 Å². The third-order valence-electron chi connectivity index (χ3n) is 2.45. The molecular weight excluding hydrogens is 276 g/mol. The van der Waals surface area contributed by atoms with Gasteiger partial charge in [-0.15, -0.1) is 0 Å². The van der Waals surface area contributed by atoms with Crippen LogP contribution in [0.2, 0.25) is 0 Å². The molecule has 7 nitrogen and oxygen atoms in total. The Morgan fingerprint density at radius 1 is 1.38 bits per heavy atom. The monoisotopic (exact) mass is 294 g/mol. The zero-order valence-electron chi connectivity index (χ0n) is 12.4. The minimum Gasteiger partial charge on any atom is -0.493 e. The van der Waals surface area contributed by atoms with Crippen LogP contribution in [0.4, 0.5) is 4.79 Å². The van der Waals surface area contributed by atoms with Crippen LogP contribution in [0.1, 0.15) is 26.3 Å². The predicted molar refractivity (Wildman–Crippen MR) is 76.1 cm³/mol. The smallest absolute Gasteiger partial charge is 0.428 e. The summed E-state index contributed by atoms with van der Waals surface area (Å²) in [5, 5.41) is 3.83. The lowest BCUT2D eigenvalue weighted by molar-refractivity contribution is 0.0529. The minimum atomic E-state index is -0.619. The number of hydrogen-bond acceptors (Lipinski definition) is 6. The molecule has 0 aromatic heterocycles. The van der Waals surface area contributed by atoms with Crippen molar-refractivity contribution < 1.29 is 23.7 Å². The number of nitrogens with one attached hydrogen (secondary N) is 1. The van der Waals surface area contributed by atoms with Crippen LogP contribution < -0.4 is 19.6 Å². The average Bonchev–Trinajstić information content (AvgIpc) is 2.83. The van der Waals surface area contributed by atoms with E-state index in [2.05, 4.69) is 10.5 Å². The van der Waals surface area contributed by atoms with E-state index in [1.54, 1.807) is 32.9 Å². The second-order valence-corrected chi connectivity index (χ2v) is 5.33. The van der Waals surface area contributed by atoms with Crippen LogP contribution in [0.3, 0.4) is 0 Å². The van der Waals surface area contributed by atoms with Gasteiger partial charge in [-0.3, -0.25) is 0 Å². The number of ether oxygens (including phenoxy) is 4. The van der Waals surface area contributed by atoms with Crippen LogP contribution in [0, 0.1) is 0 Å². The van der Waals surface area contributed by atoms with Crippen molar-refractivity contribution >= 4 is 12.3 Å². The van der Waals surface area contributed by atoms with E-state index in [0.717, 1.165) is 0 Å². The summed E-state index contributed by atoms with van der Waals surface area (Å²) in [5.41, 5.74) is 2.42. The number of methoxy groups -OCH3 is 1. The number of carbonyl (C=O) groups is 1. The molecule has 1 N–H and O–H groups in total. The SMILES string of the molecule is COc1cc(/C=N\NC(=O)OC(C)(C)C)cc2c1OCO2. The third kappa shape index (κ3) is 4.01. The molecular formula is C14H18N2O5. The quantitative estimate of drug-likeness (QED) is 0.683. The number of hydrazone groups is 1. The Balaban J connectivity index is 2.03.